The maximum atomic E-state index is 13.3. The Morgan fingerprint density at radius 3 is 2.35 bits per heavy atom. The summed E-state index contributed by atoms with van der Waals surface area (Å²) < 4.78 is 55.6. The van der Waals surface area contributed by atoms with Gasteiger partial charge in [-0.25, -0.2) is 4.39 Å². The zero-order valence-electron chi connectivity index (χ0n) is 12.1. The molecule has 0 radical (unpaired) electrons. The van der Waals surface area contributed by atoms with Gasteiger partial charge in [0.25, 0.3) is 5.91 Å². The standard InChI is InChI=1S/C16H13F4NO2/c1-10-2-5-12(8-14(10)17)21-15(22)9-23-13-6-3-11(4-7-13)16(18,19)20/h2-8H,9H2,1H3,(H,21,22). The van der Waals surface area contributed by atoms with Crippen molar-refractivity contribution in [2.24, 2.45) is 0 Å². The summed E-state index contributed by atoms with van der Waals surface area (Å²) >= 11 is 0. The largest absolute Gasteiger partial charge is 0.484 e. The maximum absolute atomic E-state index is 13.3. The van der Waals surface area contributed by atoms with Crippen LogP contribution < -0.4 is 10.1 Å². The number of carbonyl (C=O) groups is 1. The van der Waals surface area contributed by atoms with Crippen molar-refractivity contribution >= 4 is 11.6 Å². The van der Waals surface area contributed by atoms with Crippen LogP contribution in [0.25, 0.3) is 0 Å². The summed E-state index contributed by atoms with van der Waals surface area (Å²) in [6, 6.07) is 8.20. The van der Waals surface area contributed by atoms with E-state index in [-0.39, 0.29) is 11.4 Å². The van der Waals surface area contributed by atoms with Crippen LogP contribution in [0.4, 0.5) is 23.2 Å². The summed E-state index contributed by atoms with van der Waals surface area (Å²) in [5, 5.41) is 2.43. The van der Waals surface area contributed by atoms with Crippen molar-refractivity contribution in [3.05, 3.63) is 59.4 Å². The lowest BCUT2D eigenvalue weighted by atomic mass is 10.2. The summed E-state index contributed by atoms with van der Waals surface area (Å²) in [6.07, 6.45) is -4.43. The Morgan fingerprint density at radius 2 is 1.78 bits per heavy atom. The van der Waals surface area contributed by atoms with Crippen LogP contribution in [-0.4, -0.2) is 12.5 Å². The lowest BCUT2D eigenvalue weighted by Crippen LogP contribution is -2.20. The molecule has 1 amide bonds. The second-order valence-corrected chi connectivity index (χ2v) is 4.82. The minimum absolute atomic E-state index is 0.128. The molecule has 0 saturated carbocycles. The third-order valence-corrected chi connectivity index (χ3v) is 3.01. The molecule has 1 N–H and O–H groups in total. The number of nitrogens with one attached hydrogen (secondary N) is 1. The molecule has 122 valence electrons. The Labute approximate surface area is 129 Å². The fourth-order valence-electron chi connectivity index (χ4n) is 1.76. The van der Waals surface area contributed by atoms with Crippen molar-refractivity contribution in [1.82, 2.24) is 0 Å². The molecule has 3 nitrogen and oxygen atoms in total. The number of hydrogen-bond donors (Lipinski definition) is 1. The molecule has 0 aliphatic carbocycles. The van der Waals surface area contributed by atoms with Gasteiger partial charge in [-0.2, -0.15) is 13.2 Å². The number of alkyl halides is 3. The summed E-state index contributed by atoms with van der Waals surface area (Å²) in [4.78, 5) is 11.7. The van der Waals surface area contributed by atoms with Crippen LogP contribution in [0.2, 0.25) is 0 Å². The van der Waals surface area contributed by atoms with Crippen LogP contribution in [0.15, 0.2) is 42.5 Å². The molecule has 0 aliphatic rings. The quantitative estimate of drug-likeness (QED) is 0.856. The SMILES string of the molecule is Cc1ccc(NC(=O)COc2ccc(C(F)(F)F)cc2)cc1F. The van der Waals surface area contributed by atoms with Gasteiger partial charge < -0.3 is 10.1 Å². The van der Waals surface area contributed by atoms with Crippen LogP contribution in [0, 0.1) is 12.7 Å². The molecule has 2 aromatic rings. The van der Waals surface area contributed by atoms with Gasteiger partial charge in [0.2, 0.25) is 0 Å². The second kappa shape index (κ2) is 6.68. The number of ether oxygens (including phenoxy) is 1. The first kappa shape index (κ1) is 16.8. The van der Waals surface area contributed by atoms with Gasteiger partial charge in [-0.3, -0.25) is 4.79 Å². The molecule has 0 unspecified atom stereocenters. The highest BCUT2D eigenvalue weighted by atomic mass is 19.4. The zero-order chi connectivity index (χ0) is 17.0. The fourth-order valence-corrected chi connectivity index (χ4v) is 1.76. The molecule has 0 fully saturated rings. The molecule has 0 spiro atoms. The third-order valence-electron chi connectivity index (χ3n) is 3.01. The number of carbonyl (C=O) groups excluding carboxylic acids is 1. The van der Waals surface area contributed by atoms with Crippen molar-refractivity contribution in [2.45, 2.75) is 13.1 Å². The van der Waals surface area contributed by atoms with Crippen molar-refractivity contribution in [3.8, 4) is 5.75 Å². The normalized spacial score (nSPS) is 11.2. The Morgan fingerprint density at radius 1 is 1.13 bits per heavy atom. The Hall–Kier alpha value is -2.57. The van der Waals surface area contributed by atoms with E-state index < -0.39 is 30.1 Å². The molecule has 2 rings (SSSR count). The van der Waals surface area contributed by atoms with Crippen LogP contribution in [0.3, 0.4) is 0 Å². The van der Waals surface area contributed by atoms with Gasteiger partial charge in [0, 0.05) is 5.69 Å². The van der Waals surface area contributed by atoms with E-state index in [2.05, 4.69) is 5.32 Å². The predicted molar refractivity (Wildman–Crippen MR) is 76.7 cm³/mol. The number of amides is 1. The van der Waals surface area contributed by atoms with Gasteiger partial charge in [-0.1, -0.05) is 6.07 Å². The molecule has 7 heteroatoms. The minimum atomic E-state index is -4.43. The summed E-state index contributed by atoms with van der Waals surface area (Å²) in [7, 11) is 0. The zero-order valence-corrected chi connectivity index (χ0v) is 12.1. The van der Waals surface area contributed by atoms with E-state index in [0.717, 1.165) is 24.3 Å². The number of halogens is 4. The monoisotopic (exact) mass is 327 g/mol. The van der Waals surface area contributed by atoms with Crippen LogP contribution >= 0.6 is 0 Å². The van der Waals surface area contributed by atoms with E-state index >= 15 is 0 Å². The maximum Gasteiger partial charge on any atom is 0.416 e. The molecule has 0 bridgehead atoms. The molecule has 0 heterocycles. The molecule has 0 aliphatic heterocycles. The van der Waals surface area contributed by atoms with Crippen molar-refractivity contribution in [1.29, 1.82) is 0 Å². The van der Waals surface area contributed by atoms with Gasteiger partial charge in [0.05, 0.1) is 5.56 Å². The highest BCUT2D eigenvalue weighted by Crippen LogP contribution is 2.30. The number of benzene rings is 2. The minimum Gasteiger partial charge on any atom is -0.484 e. The van der Waals surface area contributed by atoms with E-state index in [1.165, 1.54) is 18.2 Å². The number of rotatable bonds is 4. The number of aryl methyl sites for hydroxylation is 1. The van der Waals surface area contributed by atoms with Gasteiger partial charge in [-0.05, 0) is 48.9 Å². The first-order chi connectivity index (χ1) is 10.8. The van der Waals surface area contributed by atoms with Crippen LogP contribution in [0.1, 0.15) is 11.1 Å². The lowest BCUT2D eigenvalue weighted by molar-refractivity contribution is -0.137. The van der Waals surface area contributed by atoms with E-state index in [1.54, 1.807) is 6.92 Å². The third kappa shape index (κ3) is 4.70. The Kier molecular flexibility index (Phi) is 4.88. The Balaban J connectivity index is 1.90. The van der Waals surface area contributed by atoms with E-state index in [0.29, 0.717) is 5.56 Å². The van der Waals surface area contributed by atoms with Crippen molar-refractivity contribution in [3.63, 3.8) is 0 Å². The molecule has 0 aromatic heterocycles. The second-order valence-electron chi connectivity index (χ2n) is 4.82. The smallest absolute Gasteiger partial charge is 0.416 e. The van der Waals surface area contributed by atoms with Gasteiger partial charge in [0.1, 0.15) is 11.6 Å². The summed E-state index contributed by atoms with van der Waals surface area (Å²) in [5.74, 6) is -0.872. The summed E-state index contributed by atoms with van der Waals surface area (Å²) in [5.41, 5.74) is -0.0810. The van der Waals surface area contributed by atoms with Gasteiger partial charge in [-0.15, -0.1) is 0 Å². The fraction of sp³-hybridized carbons (Fsp3) is 0.188. The molecule has 0 saturated heterocycles. The molecule has 23 heavy (non-hydrogen) atoms. The topological polar surface area (TPSA) is 38.3 Å². The van der Waals surface area contributed by atoms with Crippen LogP contribution in [0.5, 0.6) is 5.75 Å². The van der Waals surface area contributed by atoms with Crippen LogP contribution in [-0.2, 0) is 11.0 Å². The summed E-state index contributed by atoms with van der Waals surface area (Å²) in [6.45, 7) is 1.19. The van der Waals surface area contributed by atoms with E-state index in [1.807, 2.05) is 0 Å². The van der Waals surface area contributed by atoms with Crippen molar-refractivity contribution < 1.29 is 27.1 Å². The molecular formula is C16H13F4NO2. The van der Waals surface area contributed by atoms with E-state index in [4.69, 9.17) is 4.74 Å². The lowest BCUT2D eigenvalue weighted by Gasteiger charge is -2.10. The van der Waals surface area contributed by atoms with Gasteiger partial charge in [0.15, 0.2) is 6.61 Å². The molecule has 2 aromatic carbocycles. The van der Waals surface area contributed by atoms with Gasteiger partial charge >= 0.3 is 6.18 Å². The molecule has 0 atom stereocenters. The van der Waals surface area contributed by atoms with E-state index in [9.17, 15) is 22.4 Å². The first-order valence-electron chi connectivity index (χ1n) is 6.62. The average molecular weight is 327 g/mol. The van der Waals surface area contributed by atoms with Crippen molar-refractivity contribution in [2.75, 3.05) is 11.9 Å². The number of hydrogen-bond acceptors (Lipinski definition) is 2. The first-order valence-corrected chi connectivity index (χ1v) is 6.62. The average Bonchev–Trinajstić information content (AvgIpc) is 2.48. The number of anilines is 1. The predicted octanol–water partition coefficient (Wildman–Crippen LogP) is 4.17. The highest BCUT2D eigenvalue weighted by Gasteiger charge is 2.30. The molecular weight excluding hydrogens is 314 g/mol. The highest BCUT2D eigenvalue weighted by molar-refractivity contribution is 5.91. The Bertz CT molecular complexity index is 696.